The monoisotopic (exact) mass is 540 g/mol. The molecule has 0 saturated carbocycles. The van der Waals surface area contributed by atoms with E-state index >= 15 is 0 Å². The predicted molar refractivity (Wildman–Crippen MR) is 169 cm³/mol. The second-order valence-corrected chi connectivity index (χ2v) is 12.3. The summed E-state index contributed by atoms with van der Waals surface area (Å²) < 4.78 is 16.7. The zero-order chi connectivity index (χ0) is 25.9. The van der Waals surface area contributed by atoms with Crippen molar-refractivity contribution in [2.75, 3.05) is 26.4 Å². The second-order valence-electron chi connectivity index (χ2n) is 10.2. The van der Waals surface area contributed by atoms with Crippen molar-refractivity contribution in [3.8, 4) is 0 Å². The Hall–Kier alpha value is -2.50. The van der Waals surface area contributed by atoms with E-state index in [0.29, 0.717) is 0 Å². The third-order valence-corrected chi connectivity index (χ3v) is 10.0. The molecule has 4 heteroatoms. The Morgan fingerprint density at radius 3 is 1.45 bits per heavy atom. The van der Waals surface area contributed by atoms with E-state index in [2.05, 4.69) is 74.5 Å². The van der Waals surface area contributed by atoms with Crippen molar-refractivity contribution in [2.45, 2.75) is 52.4 Å². The van der Waals surface area contributed by atoms with Gasteiger partial charge in [0.25, 0.3) is 0 Å². The lowest BCUT2D eigenvalue weighted by Gasteiger charge is -2.05. The van der Waals surface area contributed by atoms with Crippen molar-refractivity contribution in [2.24, 2.45) is 0 Å². The molecule has 0 aliphatic carbocycles. The molecule has 196 valence electrons. The molecular formula is C34H36O2S2. The van der Waals surface area contributed by atoms with E-state index in [1.54, 1.807) is 0 Å². The number of unbranched alkanes of at least 4 members (excludes halogenated alkanes) is 2. The van der Waals surface area contributed by atoms with Crippen molar-refractivity contribution >= 4 is 73.8 Å². The van der Waals surface area contributed by atoms with Gasteiger partial charge in [0, 0.05) is 46.6 Å². The van der Waals surface area contributed by atoms with Gasteiger partial charge in [-0.15, -0.1) is 22.7 Å². The number of hydrogen-bond donors (Lipinski definition) is 0. The summed E-state index contributed by atoms with van der Waals surface area (Å²) >= 11 is 3.91. The number of ether oxygens (including phenoxy) is 2. The Morgan fingerprint density at radius 2 is 1.00 bits per heavy atom. The maximum Gasteiger partial charge on any atom is 0.0542 e. The first-order valence-electron chi connectivity index (χ1n) is 14.1. The molecule has 4 aromatic carbocycles. The average molecular weight is 541 g/mol. The van der Waals surface area contributed by atoms with Crippen LogP contribution in [0.3, 0.4) is 0 Å². The van der Waals surface area contributed by atoms with Crippen LogP contribution in [0.25, 0.3) is 51.1 Å². The number of rotatable bonds is 12. The second kappa shape index (κ2) is 11.7. The first kappa shape index (κ1) is 25.8. The number of fused-ring (bicyclic) bond motifs is 7. The van der Waals surface area contributed by atoms with Crippen LogP contribution in [0.15, 0.2) is 60.7 Å². The van der Waals surface area contributed by atoms with E-state index in [1.165, 1.54) is 75.1 Å². The highest BCUT2D eigenvalue weighted by atomic mass is 32.1. The van der Waals surface area contributed by atoms with Gasteiger partial charge >= 0.3 is 0 Å². The van der Waals surface area contributed by atoms with Gasteiger partial charge in [-0.25, -0.2) is 0 Å². The summed E-state index contributed by atoms with van der Waals surface area (Å²) in [6.07, 6.45) is 6.85. The summed E-state index contributed by atoms with van der Waals surface area (Å²) in [5.74, 6) is 0. The summed E-state index contributed by atoms with van der Waals surface area (Å²) in [4.78, 5) is 0. The van der Waals surface area contributed by atoms with Crippen molar-refractivity contribution in [3.63, 3.8) is 0 Å². The molecule has 0 spiro atoms. The molecule has 0 amide bonds. The fourth-order valence-electron chi connectivity index (χ4n) is 5.51. The molecule has 0 aliphatic heterocycles. The van der Waals surface area contributed by atoms with Crippen LogP contribution in [0.2, 0.25) is 0 Å². The van der Waals surface area contributed by atoms with Crippen molar-refractivity contribution in [1.82, 2.24) is 0 Å². The summed E-state index contributed by atoms with van der Waals surface area (Å²) in [5, 5.41) is 8.21. The molecule has 0 bridgehead atoms. The fourth-order valence-corrected chi connectivity index (χ4v) is 8.21. The number of hydrogen-bond acceptors (Lipinski definition) is 4. The van der Waals surface area contributed by atoms with Crippen molar-refractivity contribution in [1.29, 1.82) is 0 Å². The normalized spacial score (nSPS) is 12.2. The maximum atomic E-state index is 5.49. The Labute approximate surface area is 233 Å². The average Bonchev–Trinajstić information content (AvgIpc) is 3.45. The first-order valence-corrected chi connectivity index (χ1v) is 15.8. The number of thiophene rings is 2. The minimum Gasteiger partial charge on any atom is -0.382 e. The topological polar surface area (TPSA) is 18.5 Å². The third kappa shape index (κ3) is 5.33. The van der Waals surface area contributed by atoms with Crippen LogP contribution >= 0.6 is 22.7 Å². The molecule has 2 heterocycles. The van der Waals surface area contributed by atoms with Crippen LogP contribution in [0.4, 0.5) is 0 Å². The lowest BCUT2D eigenvalue weighted by molar-refractivity contribution is 0.143. The highest BCUT2D eigenvalue weighted by molar-refractivity contribution is 7.36. The Morgan fingerprint density at radius 1 is 0.526 bits per heavy atom. The SMILES string of the molecule is CCOCCCCc1ccc2cc3c(cc2c1)sc1c2cc4ccc(CCCCOCC)cc4cc2sc31. The van der Waals surface area contributed by atoms with Gasteiger partial charge in [0.1, 0.15) is 0 Å². The van der Waals surface area contributed by atoms with E-state index in [-0.39, 0.29) is 0 Å². The zero-order valence-corrected chi connectivity index (χ0v) is 24.1. The molecule has 6 rings (SSSR count). The van der Waals surface area contributed by atoms with E-state index in [9.17, 15) is 0 Å². The van der Waals surface area contributed by atoms with Gasteiger partial charge < -0.3 is 9.47 Å². The van der Waals surface area contributed by atoms with Crippen LogP contribution in [-0.2, 0) is 22.3 Å². The molecule has 0 radical (unpaired) electrons. The number of benzene rings is 4. The quantitative estimate of drug-likeness (QED) is 0.144. The van der Waals surface area contributed by atoms with Crippen LogP contribution in [-0.4, -0.2) is 26.4 Å². The summed E-state index contributed by atoms with van der Waals surface area (Å²) in [6, 6.07) is 23.7. The predicted octanol–water partition coefficient (Wildman–Crippen LogP) is 10.3. The smallest absolute Gasteiger partial charge is 0.0542 e. The largest absolute Gasteiger partial charge is 0.382 e. The Balaban J connectivity index is 1.29. The van der Waals surface area contributed by atoms with E-state index in [4.69, 9.17) is 9.47 Å². The molecule has 38 heavy (non-hydrogen) atoms. The van der Waals surface area contributed by atoms with Gasteiger partial charge in [-0.1, -0.05) is 36.4 Å². The van der Waals surface area contributed by atoms with Gasteiger partial charge in [-0.05, 0) is 109 Å². The standard InChI is InChI=1S/C34H36O2S2/c1-3-35-15-7-5-9-23-11-13-25-19-29-31(21-27(25)17-23)37-34-30-20-26-14-12-24(10-6-8-16-36-4-2)18-28(26)22-32(30)38-33(29)34/h11-14,17-22H,3-10,15-16H2,1-2H3. The first-order chi connectivity index (χ1) is 18.7. The summed E-state index contributed by atoms with van der Waals surface area (Å²) in [6.45, 7) is 7.49. The van der Waals surface area contributed by atoms with E-state index < -0.39 is 0 Å². The van der Waals surface area contributed by atoms with Gasteiger partial charge in [-0.3, -0.25) is 0 Å². The Bertz CT molecular complexity index is 1580. The molecule has 2 aromatic heterocycles. The number of aryl methyl sites for hydroxylation is 2. The summed E-state index contributed by atoms with van der Waals surface area (Å²) in [5.41, 5.74) is 2.86. The maximum absolute atomic E-state index is 5.49. The minimum absolute atomic E-state index is 0.812. The molecule has 0 N–H and O–H groups in total. The lowest BCUT2D eigenvalue weighted by atomic mass is 10.0. The minimum atomic E-state index is 0.812. The molecule has 0 fully saturated rings. The Kier molecular flexibility index (Phi) is 7.94. The van der Waals surface area contributed by atoms with Crippen LogP contribution in [0.5, 0.6) is 0 Å². The lowest BCUT2D eigenvalue weighted by Crippen LogP contribution is -1.94. The van der Waals surface area contributed by atoms with Crippen molar-refractivity contribution < 1.29 is 9.47 Å². The van der Waals surface area contributed by atoms with Gasteiger partial charge in [0.05, 0.1) is 9.40 Å². The highest BCUT2D eigenvalue weighted by Gasteiger charge is 2.14. The van der Waals surface area contributed by atoms with E-state index in [0.717, 1.165) is 52.1 Å². The molecule has 0 atom stereocenters. The molecular weight excluding hydrogens is 505 g/mol. The molecule has 6 aromatic rings. The van der Waals surface area contributed by atoms with Crippen LogP contribution in [0.1, 0.15) is 50.7 Å². The molecule has 0 unspecified atom stereocenters. The van der Waals surface area contributed by atoms with Gasteiger partial charge in [-0.2, -0.15) is 0 Å². The van der Waals surface area contributed by atoms with Crippen LogP contribution in [0, 0.1) is 0 Å². The van der Waals surface area contributed by atoms with E-state index in [1.807, 2.05) is 22.7 Å². The molecule has 0 aliphatic rings. The fraction of sp³-hybridized carbons (Fsp3) is 0.353. The highest BCUT2D eigenvalue weighted by Crippen LogP contribution is 2.46. The zero-order valence-electron chi connectivity index (χ0n) is 22.5. The molecule has 0 saturated heterocycles. The summed E-state index contributed by atoms with van der Waals surface area (Å²) in [7, 11) is 0. The van der Waals surface area contributed by atoms with Crippen molar-refractivity contribution in [3.05, 3.63) is 71.8 Å². The third-order valence-electron chi connectivity index (χ3n) is 7.54. The molecule has 2 nitrogen and oxygen atoms in total. The van der Waals surface area contributed by atoms with Gasteiger partial charge in [0.15, 0.2) is 0 Å². The van der Waals surface area contributed by atoms with Gasteiger partial charge in [0.2, 0.25) is 0 Å². The van der Waals surface area contributed by atoms with Crippen LogP contribution < -0.4 is 0 Å².